The number of hydrogen-bond donors (Lipinski definition) is 1. The van der Waals surface area contributed by atoms with Crippen LogP contribution in [0.25, 0.3) is 0 Å². The van der Waals surface area contributed by atoms with Crippen molar-refractivity contribution in [3.8, 4) is 0 Å². The lowest BCUT2D eigenvalue weighted by atomic mass is 10.1. The molecule has 0 aromatic carbocycles. The number of anilines is 2. The van der Waals surface area contributed by atoms with Gasteiger partial charge in [-0.2, -0.15) is 4.98 Å². The van der Waals surface area contributed by atoms with Crippen molar-refractivity contribution >= 4 is 23.1 Å². The van der Waals surface area contributed by atoms with E-state index in [2.05, 4.69) is 42.6 Å². The van der Waals surface area contributed by atoms with E-state index in [4.69, 9.17) is 17.3 Å². The Bertz CT molecular complexity index is 394. The summed E-state index contributed by atoms with van der Waals surface area (Å²) >= 11 is 5.93. The second-order valence-electron chi connectivity index (χ2n) is 5.51. The van der Waals surface area contributed by atoms with Crippen molar-refractivity contribution in [1.29, 1.82) is 0 Å². The van der Waals surface area contributed by atoms with Gasteiger partial charge in [-0.05, 0) is 30.4 Å². The zero-order chi connectivity index (χ0) is 13.9. The van der Waals surface area contributed by atoms with Crippen molar-refractivity contribution in [2.75, 3.05) is 23.7 Å². The highest BCUT2D eigenvalue weighted by atomic mass is 35.5. The molecule has 0 saturated carbocycles. The maximum Gasteiger partial charge on any atom is 0.224 e. The van der Waals surface area contributed by atoms with Gasteiger partial charge in [-0.15, -0.1) is 0 Å². The molecule has 0 fully saturated rings. The van der Waals surface area contributed by atoms with Crippen LogP contribution in [0.5, 0.6) is 0 Å². The number of nitrogen functional groups attached to an aromatic ring is 1. The number of aromatic nitrogens is 2. The minimum atomic E-state index is 0.259. The zero-order valence-electron chi connectivity index (χ0n) is 11.9. The Labute approximate surface area is 115 Å². The van der Waals surface area contributed by atoms with Gasteiger partial charge < -0.3 is 10.6 Å². The number of rotatable bonds is 5. The Morgan fingerprint density at radius 3 is 2.06 bits per heavy atom. The maximum atomic E-state index is 6.08. The number of nitrogens with two attached hydrogens (primary N) is 1. The Balaban J connectivity index is 3.11. The summed E-state index contributed by atoms with van der Waals surface area (Å²) in [6.45, 7) is 12.4. The summed E-state index contributed by atoms with van der Waals surface area (Å²) in [5.41, 5.74) is 7.44. The van der Waals surface area contributed by atoms with E-state index in [0.29, 0.717) is 17.5 Å². The molecule has 0 aliphatic heterocycles. The molecular weight excluding hydrogens is 248 g/mol. The largest absolute Gasteiger partial charge is 0.394 e. The van der Waals surface area contributed by atoms with Gasteiger partial charge in [-0.1, -0.05) is 27.7 Å². The second kappa shape index (κ2) is 6.23. The van der Waals surface area contributed by atoms with Gasteiger partial charge in [0.1, 0.15) is 0 Å². The second-order valence-corrected chi connectivity index (χ2v) is 5.85. The van der Waals surface area contributed by atoms with E-state index >= 15 is 0 Å². The van der Waals surface area contributed by atoms with E-state index in [0.717, 1.165) is 24.6 Å². The molecule has 0 unspecified atom stereocenters. The molecular formula is C13H23ClN4. The van der Waals surface area contributed by atoms with Crippen molar-refractivity contribution in [3.05, 3.63) is 11.0 Å². The zero-order valence-corrected chi connectivity index (χ0v) is 12.6. The highest BCUT2D eigenvalue weighted by Gasteiger charge is 2.17. The molecule has 0 saturated heterocycles. The predicted molar refractivity (Wildman–Crippen MR) is 78.1 cm³/mol. The Kier molecular flexibility index (Phi) is 5.20. The fourth-order valence-corrected chi connectivity index (χ4v) is 2.11. The summed E-state index contributed by atoms with van der Waals surface area (Å²) < 4.78 is 0. The fourth-order valence-electron chi connectivity index (χ4n) is 1.90. The molecule has 1 heterocycles. The van der Waals surface area contributed by atoms with Crippen molar-refractivity contribution in [2.45, 2.75) is 34.6 Å². The fraction of sp³-hybridized carbons (Fsp3) is 0.692. The van der Waals surface area contributed by atoms with Crippen molar-refractivity contribution in [3.63, 3.8) is 0 Å². The van der Waals surface area contributed by atoms with Crippen LogP contribution in [0.15, 0.2) is 0 Å². The highest BCUT2D eigenvalue weighted by Crippen LogP contribution is 2.26. The van der Waals surface area contributed by atoms with Crippen molar-refractivity contribution in [1.82, 2.24) is 9.97 Å². The van der Waals surface area contributed by atoms with E-state index in [9.17, 15) is 0 Å². The lowest BCUT2D eigenvalue weighted by Crippen LogP contribution is -2.33. The minimum Gasteiger partial charge on any atom is -0.394 e. The minimum absolute atomic E-state index is 0.259. The monoisotopic (exact) mass is 270 g/mol. The highest BCUT2D eigenvalue weighted by molar-refractivity contribution is 6.28. The first-order valence-corrected chi connectivity index (χ1v) is 6.73. The Morgan fingerprint density at radius 2 is 1.61 bits per heavy atom. The summed E-state index contributed by atoms with van der Waals surface area (Å²) in [5.74, 6) is 1.84. The third kappa shape index (κ3) is 4.02. The normalized spacial score (nSPS) is 11.3. The summed E-state index contributed by atoms with van der Waals surface area (Å²) in [5, 5.41) is 0.259. The summed E-state index contributed by atoms with van der Waals surface area (Å²) in [6.07, 6.45) is 0. The van der Waals surface area contributed by atoms with Gasteiger partial charge in [-0.3, -0.25) is 0 Å². The summed E-state index contributed by atoms with van der Waals surface area (Å²) in [7, 11) is 0. The van der Waals surface area contributed by atoms with Crippen LogP contribution in [0.1, 0.15) is 33.4 Å². The molecule has 1 aromatic rings. The number of halogens is 1. The van der Waals surface area contributed by atoms with Crippen LogP contribution in [0.3, 0.4) is 0 Å². The molecule has 0 amide bonds. The topological polar surface area (TPSA) is 55.0 Å². The first kappa shape index (κ1) is 15.0. The molecule has 0 aliphatic carbocycles. The van der Waals surface area contributed by atoms with Crippen molar-refractivity contribution < 1.29 is 0 Å². The van der Waals surface area contributed by atoms with Crippen LogP contribution in [0.4, 0.5) is 11.5 Å². The molecule has 1 aromatic heterocycles. The van der Waals surface area contributed by atoms with Crippen LogP contribution in [0, 0.1) is 18.8 Å². The van der Waals surface area contributed by atoms with Crippen LogP contribution in [-0.2, 0) is 0 Å². The molecule has 0 bridgehead atoms. The Morgan fingerprint density at radius 1 is 1.11 bits per heavy atom. The third-order valence-electron chi connectivity index (χ3n) is 2.56. The van der Waals surface area contributed by atoms with Gasteiger partial charge in [0.05, 0.1) is 11.4 Å². The van der Waals surface area contributed by atoms with Crippen LogP contribution in [-0.4, -0.2) is 23.1 Å². The van der Waals surface area contributed by atoms with Gasteiger partial charge in [0, 0.05) is 13.1 Å². The van der Waals surface area contributed by atoms with Crippen LogP contribution in [0.2, 0.25) is 5.28 Å². The predicted octanol–water partition coefficient (Wildman–Crippen LogP) is 3.14. The third-order valence-corrected chi connectivity index (χ3v) is 2.73. The average Bonchev–Trinajstić information content (AvgIpc) is 2.21. The molecule has 18 heavy (non-hydrogen) atoms. The van der Waals surface area contributed by atoms with Gasteiger partial charge in [0.25, 0.3) is 0 Å². The van der Waals surface area contributed by atoms with Gasteiger partial charge >= 0.3 is 0 Å². The average molecular weight is 271 g/mol. The molecule has 5 heteroatoms. The molecule has 0 radical (unpaired) electrons. The van der Waals surface area contributed by atoms with Crippen molar-refractivity contribution in [2.24, 2.45) is 11.8 Å². The van der Waals surface area contributed by atoms with Gasteiger partial charge in [0.15, 0.2) is 5.82 Å². The van der Waals surface area contributed by atoms with Crippen LogP contribution < -0.4 is 10.6 Å². The molecule has 0 aliphatic rings. The standard InChI is InChI=1S/C13H23ClN4/c1-8(2)6-18(7-9(3)4)12-11(15)10(5)16-13(14)17-12/h8-9H,6-7,15H2,1-5H3. The van der Waals surface area contributed by atoms with Crippen LogP contribution >= 0.6 is 11.6 Å². The van der Waals surface area contributed by atoms with E-state index in [1.54, 1.807) is 0 Å². The SMILES string of the molecule is Cc1nc(Cl)nc(N(CC(C)C)CC(C)C)c1N. The molecule has 2 N–H and O–H groups in total. The molecule has 0 atom stereocenters. The Hall–Kier alpha value is -1.03. The van der Waals surface area contributed by atoms with E-state index in [1.807, 2.05) is 6.92 Å². The molecule has 0 spiro atoms. The molecule has 102 valence electrons. The summed E-state index contributed by atoms with van der Waals surface area (Å²) in [4.78, 5) is 10.6. The van der Waals surface area contributed by atoms with E-state index < -0.39 is 0 Å². The van der Waals surface area contributed by atoms with Gasteiger partial charge in [0.2, 0.25) is 5.28 Å². The lowest BCUT2D eigenvalue weighted by molar-refractivity contribution is 0.549. The van der Waals surface area contributed by atoms with E-state index in [-0.39, 0.29) is 5.28 Å². The maximum absolute atomic E-state index is 6.08. The smallest absolute Gasteiger partial charge is 0.224 e. The summed E-state index contributed by atoms with van der Waals surface area (Å²) in [6, 6.07) is 0. The first-order chi connectivity index (χ1) is 8.31. The number of aryl methyl sites for hydroxylation is 1. The molecule has 4 nitrogen and oxygen atoms in total. The quantitative estimate of drug-likeness (QED) is 0.835. The first-order valence-electron chi connectivity index (χ1n) is 6.35. The number of hydrogen-bond acceptors (Lipinski definition) is 4. The molecule has 1 rings (SSSR count). The van der Waals surface area contributed by atoms with E-state index in [1.165, 1.54) is 0 Å². The lowest BCUT2D eigenvalue weighted by Gasteiger charge is -2.28. The van der Waals surface area contributed by atoms with Gasteiger partial charge in [-0.25, -0.2) is 4.98 Å². The number of nitrogens with zero attached hydrogens (tertiary/aromatic N) is 3.